The number of nitrogens with zero attached hydrogens (tertiary/aromatic N) is 2. The molecular weight excluding hydrogens is 330 g/mol. The van der Waals surface area contributed by atoms with Crippen molar-refractivity contribution < 1.29 is 9.47 Å². The van der Waals surface area contributed by atoms with Gasteiger partial charge in [-0.05, 0) is 44.2 Å². The van der Waals surface area contributed by atoms with Crippen LogP contribution in [0.1, 0.15) is 13.8 Å². The predicted octanol–water partition coefficient (Wildman–Crippen LogP) is 4.36. The van der Waals surface area contributed by atoms with Gasteiger partial charge in [-0.3, -0.25) is 0 Å². The molecule has 0 radical (unpaired) electrons. The molecule has 0 saturated heterocycles. The Morgan fingerprint density at radius 3 is 2.31 bits per heavy atom. The van der Waals surface area contributed by atoms with Gasteiger partial charge in [-0.2, -0.15) is 10.2 Å². The van der Waals surface area contributed by atoms with Gasteiger partial charge in [-0.1, -0.05) is 0 Å². The molecule has 0 aromatic heterocycles. The van der Waals surface area contributed by atoms with E-state index in [4.69, 9.17) is 20.9 Å². The maximum atomic E-state index is 5.99. The smallest absolute Gasteiger partial charge is 0.121 e. The van der Waals surface area contributed by atoms with Crippen LogP contribution in [0.4, 0.5) is 22.7 Å². The van der Waals surface area contributed by atoms with Gasteiger partial charge in [0.1, 0.15) is 17.2 Å². The maximum absolute atomic E-state index is 5.99. The molecule has 0 saturated carbocycles. The minimum absolute atomic E-state index is 0.153. The van der Waals surface area contributed by atoms with E-state index in [1.54, 1.807) is 38.5 Å². The molecule has 0 spiro atoms. The summed E-state index contributed by atoms with van der Waals surface area (Å²) in [5, 5.41) is 11.8. The highest BCUT2D eigenvalue weighted by Crippen LogP contribution is 2.28. The van der Waals surface area contributed by atoms with Crippen LogP contribution >= 0.6 is 0 Å². The lowest BCUT2D eigenvalue weighted by molar-refractivity contribution is 0.415. The molecule has 2 rings (SSSR count). The third-order valence-corrected chi connectivity index (χ3v) is 3.67. The van der Waals surface area contributed by atoms with E-state index in [1.165, 1.54) is 0 Å². The van der Waals surface area contributed by atoms with E-state index in [0.29, 0.717) is 22.8 Å². The zero-order valence-corrected chi connectivity index (χ0v) is 15.5. The number of azo groups is 1. The minimum atomic E-state index is -0.153. The number of nitrogen functional groups attached to an aromatic ring is 2. The molecule has 0 aliphatic heterocycles. The maximum Gasteiger partial charge on any atom is 0.121 e. The Kier molecular flexibility index (Phi) is 6.43. The highest BCUT2D eigenvalue weighted by Gasteiger charge is 2.04. The quantitative estimate of drug-likeness (QED) is 0.505. The first-order chi connectivity index (χ1) is 12.4. The minimum Gasteiger partial charge on any atom is -0.497 e. The number of hydrogen-bond acceptors (Lipinski definition) is 7. The Balaban J connectivity index is 2.09. The van der Waals surface area contributed by atoms with E-state index < -0.39 is 0 Å². The van der Waals surface area contributed by atoms with Gasteiger partial charge in [0.05, 0.1) is 37.3 Å². The number of nitrogens with two attached hydrogens (primary N) is 2. The number of rotatable bonds is 7. The predicted molar refractivity (Wildman–Crippen MR) is 106 cm³/mol. The number of ether oxygens (including phenoxy) is 2. The molecule has 1 unspecified atom stereocenters. The summed E-state index contributed by atoms with van der Waals surface area (Å²) in [4.78, 5) is 0. The second-order valence-corrected chi connectivity index (χ2v) is 5.81. The largest absolute Gasteiger partial charge is 0.497 e. The van der Waals surface area contributed by atoms with Crippen LogP contribution in [-0.2, 0) is 0 Å². The summed E-state index contributed by atoms with van der Waals surface area (Å²) in [5.41, 5.74) is 15.3. The Hall–Kier alpha value is -3.22. The van der Waals surface area contributed by atoms with Crippen molar-refractivity contribution in [2.75, 3.05) is 31.0 Å². The van der Waals surface area contributed by atoms with Gasteiger partial charge < -0.3 is 26.3 Å². The number of allylic oxidation sites excluding steroid dienone is 1. The second-order valence-electron chi connectivity index (χ2n) is 5.81. The van der Waals surface area contributed by atoms with E-state index in [9.17, 15) is 0 Å². The summed E-state index contributed by atoms with van der Waals surface area (Å²) in [6.45, 7) is 3.87. The van der Waals surface area contributed by atoms with Crippen LogP contribution in [0.3, 0.4) is 0 Å². The van der Waals surface area contributed by atoms with Gasteiger partial charge in [0.25, 0.3) is 0 Å². The number of methoxy groups -OCH3 is 2. The van der Waals surface area contributed by atoms with Crippen molar-refractivity contribution in [3.8, 4) is 11.5 Å². The van der Waals surface area contributed by atoms with Crippen LogP contribution in [0.15, 0.2) is 58.4 Å². The lowest BCUT2D eigenvalue weighted by Gasteiger charge is -2.12. The van der Waals surface area contributed by atoms with E-state index >= 15 is 0 Å². The molecule has 0 bridgehead atoms. The summed E-state index contributed by atoms with van der Waals surface area (Å²) >= 11 is 0. The summed E-state index contributed by atoms with van der Waals surface area (Å²) in [6, 6.07) is 10.6. The van der Waals surface area contributed by atoms with Crippen LogP contribution in [0.5, 0.6) is 11.5 Å². The lowest BCUT2D eigenvalue weighted by Crippen LogP contribution is -2.03. The fraction of sp³-hybridized carbons (Fsp3) is 0.263. The van der Waals surface area contributed by atoms with Crippen molar-refractivity contribution in [1.82, 2.24) is 0 Å². The Morgan fingerprint density at radius 1 is 1.04 bits per heavy atom. The van der Waals surface area contributed by atoms with Crippen LogP contribution in [0.25, 0.3) is 0 Å². The first-order valence-electron chi connectivity index (χ1n) is 8.16. The van der Waals surface area contributed by atoms with E-state index in [2.05, 4.69) is 15.5 Å². The van der Waals surface area contributed by atoms with E-state index in [0.717, 1.165) is 17.1 Å². The molecule has 7 nitrogen and oxygen atoms in total. The Bertz CT molecular complexity index is 818. The van der Waals surface area contributed by atoms with E-state index in [1.807, 2.05) is 32.1 Å². The second kappa shape index (κ2) is 8.75. The van der Waals surface area contributed by atoms with Crippen LogP contribution in [-0.4, -0.2) is 20.3 Å². The first-order valence-corrected chi connectivity index (χ1v) is 8.16. The Morgan fingerprint density at radius 2 is 1.65 bits per heavy atom. The van der Waals surface area contributed by atoms with Crippen molar-refractivity contribution in [2.24, 2.45) is 10.2 Å². The topological polar surface area (TPSA) is 107 Å². The average molecular weight is 355 g/mol. The van der Waals surface area contributed by atoms with Crippen molar-refractivity contribution in [1.29, 1.82) is 0 Å². The van der Waals surface area contributed by atoms with Gasteiger partial charge in [-0.15, -0.1) is 0 Å². The number of hydrogen-bond donors (Lipinski definition) is 3. The third kappa shape index (κ3) is 5.14. The molecular formula is C19H25N5O2. The van der Waals surface area contributed by atoms with Gasteiger partial charge >= 0.3 is 0 Å². The average Bonchev–Trinajstić information content (AvgIpc) is 2.62. The highest BCUT2D eigenvalue weighted by molar-refractivity contribution is 5.70. The zero-order valence-electron chi connectivity index (χ0n) is 15.5. The van der Waals surface area contributed by atoms with E-state index in [-0.39, 0.29) is 6.04 Å². The summed E-state index contributed by atoms with van der Waals surface area (Å²) < 4.78 is 10.4. The molecule has 0 aliphatic rings. The summed E-state index contributed by atoms with van der Waals surface area (Å²) in [6.07, 6.45) is 1.94. The molecule has 7 heteroatoms. The standard InChI is InChI=1S/C19H25N5O2/c1-12(22-18-10-14(25-3)5-7-16(18)20)9-13(2)23-24-19-11-15(26-4)6-8-17(19)21/h5-11,13,22H,20-21H2,1-4H3/b12-9-,24-23?. The molecule has 2 aromatic rings. The van der Waals surface area contributed by atoms with Crippen LogP contribution in [0.2, 0.25) is 0 Å². The normalized spacial score (nSPS) is 12.8. The SMILES string of the molecule is COc1ccc(N)c(N=NC(C)/C=C(/C)Nc2cc(OC)ccc2N)c1. The fourth-order valence-corrected chi connectivity index (χ4v) is 2.31. The molecule has 0 fully saturated rings. The first kappa shape index (κ1) is 19.1. The van der Waals surface area contributed by atoms with Crippen molar-refractivity contribution in [2.45, 2.75) is 19.9 Å². The lowest BCUT2D eigenvalue weighted by atomic mass is 10.2. The fourth-order valence-electron chi connectivity index (χ4n) is 2.31. The van der Waals surface area contributed by atoms with Crippen molar-refractivity contribution >= 4 is 22.7 Å². The molecule has 0 aliphatic carbocycles. The zero-order chi connectivity index (χ0) is 19.1. The molecule has 138 valence electrons. The van der Waals surface area contributed by atoms with Crippen LogP contribution in [0, 0.1) is 0 Å². The number of benzene rings is 2. The molecule has 2 aromatic carbocycles. The summed E-state index contributed by atoms with van der Waals surface area (Å²) in [5.74, 6) is 1.42. The monoisotopic (exact) mass is 355 g/mol. The molecule has 0 amide bonds. The van der Waals surface area contributed by atoms with Crippen LogP contribution < -0.4 is 26.3 Å². The van der Waals surface area contributed by atoms with Gasteiger partial charge in [0, 0.05) is 17.8 Å². The number of anilines is 3. The van der Waals surface area contributed by atoms with Crippen molar-refractivity contribution in [3.05, 3.63) is 48.2 Å². The molecule has 26 heavy (non-hydrogen) atoms. The third-order valence-electron chi connectivity index (χ3n) is 3.67. The van der Waals surface area contributed by atoms with Gasteiger partial charge in [0.15, 0.2) is 0 Å². The molecule has 0 heterocycles. The highest BCUT2D eigenvalue weighted by atomic mass is 16.5. The molecule has 1 atom stereocenters. The van der Waals surface area contributed by atoms with Crippen molar-refractivity contribution in [3.63, 3.8) is 0 Å². The molecule has 5 N–H and O–H groups in total. The van der Waals surface area contributed by atoms with Gasteiger partial charge in [0.2, 0.25) is 0 Å². The number of nitrogens with one attached hydrogen (secondary N) is 1. The van der Waals surface area contributed by atoms with Gasteiger partial charge in [-0.25, -0.2) is 0 Å². The Labute approximate surface area is 153 Å². The summed E-state index contributed by atoms with van der Waals surface area (Å²) in [7, 11) is 3.21.